The van der Waals surface area contributed by atoms with Gasteiger partial charge in [-0.2, -0.15) is 10.2 Å². The molecule has 1 atom stereocenters. The smallest absolute Gasteiger partial charge is 0.244 e. The van der Waals surface area contributed by atoms with E-state index in [4.69, 9.17) is 0 Å². The molecule has 0 aromatic carbocycles. The Labute approximate surface area is 118 Å². The van der Waals surface area contributed by atoms with E-state index in [1.54, 1.807) is 21.6 Å². The van der Waals surface area contributed by atoms with Crippen LogP contribution in [0.5, 0.6) is 0 Å². The molecule has 0 aliphatic heterocycles. The van der Waals surface area contributed by atoms with Crippen LogP contribution in [0.25, 0.3) is 6.08 Å². The van der Waals surface area contributed by atoms with E-state index in [-0.39, 0.29) is 11.9 Å². The fraction of sp³-hybridized carbons (Fsp3) is 0.357. The van der Waals surface area contributed by atoms with Gasteiger partial charge in [0.15, 0.2) is 0 Å². The zero-order valence-corrected chi connectivity index (χ0v) is 12.2. The Balaban J connectivity index is 1.97. The topological polar surface area (TPSA) is 64.7 Å². The number of hydrogen-bond donors (Lipinski definition) is 1. The quantitative estimate of drug-likeness (QED) is 0.855. The Kier molecular flexibility index (Phi) is 4.02. The molecule has 2 rings (SSSR count). The highest BCUT2D eigenvalue weighted by molar-refractivity contribution is 5.91. The van der Waals surface area contributed by atoms with Crippen molar-refractivity contribution in [1.29, 1.82) is 0 Å². The van der Waals surface area contributed by atoms with E-state index in [0.717, 1.165) is 16.8 Å². The summed E-state index contributed by atoms with van der Waals surface area (Å²) in [6, 6.07) is -0.0743. The number of hydrogen-bond acceptors (Lipinski definition) is 3. The minimum atomic E-state index is -0.135. The molecule has 2 heterocycles. The highest BCUT2D eigenvalue weighted by Gasteiger charge is 2.12. The maximum absolute atomic E-state index is 11.9. The Morgan fingerprint density at radius 1 is 1.35 bits per heavy atom. The van der Waals surface area contributed by atoms with E-state index in [0.29, 0.717) is 0 Å². The van der Waals surface area contributed by atoms with Gasteiger partial charge in [0.2, 0.25) is 5.91 Å². The lowest BCUT2D eigenvalue weighted by Crippen LogP contribution is -2.24. The fourth-order valence-corrected chi connectivity index (χ4v) is 2.08. The summed E-state index contributed by atoms with van der Waals surface area (Å²) in [5.41, 5.74) is 2.85. The second-order valence-electron chi connectivity index (χ2n) is 4.85. The van der Waals surface area contributed by atoms with E-state index in [2.05, 4.69) is 15.5 Å². The van der Waals surface area contributed by atoms with Crippen LogP contribution in [0.1, 0.15) is 29.8 Å². The van der Waals surface area contributed by atoms with Crippen molar-refractivity contribution in [3.8, 4) is 0 Å². The summed E-state index contributed by atoms with van der Waals surface area (Å²) in [6.45, 7) is 3.88. The minimum absolute atomic E-state index is 0.0743. The van der Waals surface area contributed by atoms with Gasteiger partial charge in [0, 0.05) is 43.7 Å². The lowest BCUT2D eigenvalue weighted by molar-refractivity contribution is -0.117. The highest BCUT2D eigenvalue weighted by Crippen LogP contribution is 2.15. The summed E-state index contributed by atoms with van der Waals surface area (Å²) < 4.78 is 3.44. The van der Waals surface area contributed by atoms with Crippen LogP contribution in [0, 0.1) is 6.92 Å². The van der Waals surface area contributed by atoms with E-state index in [9.17, 15) is 4.79 Å². The fourth-order valence-electron chi connectivity index (χ4n) is 2.08. The van der Waals surface area contributed by atoms with Gasteiger partial charge in [-0.15, -0.1) is 0 Å². The lowest BCUT2D eigenvalue weighted by atomic mass is 10.1. The summed E-state index contributed by atoms with van der Waals surface area (Å²) in [5.74, 6) is -0.135. The molecule has 0 aliphatic carbocycles. The molecular formula is C14H19N5O. The molecule has 0 saturated carbocycles. The maximum Gasteiger partial charge on any atom is 0.244 e. The molecule has 1 N–H and O–H groups in total. The molecule has 1 unspecified atom stereocenters. The molecule has 6 nitrogen and oxygen atoms in total. The number of nitrogens with zero attached hydrogens (tertiary/aromatic N) is 4. The van der Waals surface area contributed by atoms with E-state index in [1.165, 1.54) is 6.08 Å². The van der Waals surface area contributed by atoms with Crippen molar-refractivity contribution in [1.82, 2.24) is 24.9 Å². The second-order valence-corrected chi connectivity index (χ2v) is 4.85. The van der Waals surface area contributed by atoms with Crippen molar-refractivity contribution in [2.24, 2.45) is 14.1 Å². The predicted octanol–water partition coefficient (Wildman–Crippen LogP) is 1.35. The molecule has 0 radical (unpaired) electrons. The van der Waals surface area contributed by atoms with E-state index >= 15 is 0 Å². The molecule has 6 heteroatoms. The largest absolute Gasteiger partial charge is 0.346 e. The van der Waals surface area contributed by atoms with Crippen LogP contribution in [-0.4, -0.2) is 25.5 Å². The average Bonchev–Trinajstić information content (AvgIpc) is 2.92. The van der Waals surface area contributed by atoms with Gasteiger partial charge in [0.05, 0.1) is 17.9 Å². The first-order chi connectivity index (χ1) is 9.45. The molecule has 106 valence electrons. The van der Waals surface area contributed by atoms with E-state index in [1.807, 2.05) is 40.3 Å². The van der Waals surface area contributed by atoms with E-state index < -0.39 is 0 Å². The summed E-state index contributed by atoms with van der Waals surface area (Å²) in [6.07, 6.45) is 8.73. The average molecular weight is 273 g/mol. The maximum atomic E-state index is 11.9. The number of carbonyl (C=O) groups is 1. The van der Waals surface area contributed by atoms with Crippen molar-refractivity contribution >= 4 is 12.0 Å². The van der Waals surface area contributed by atoms with Crippen LogP contribution in [0.2, 0.25) is 0 Å². The van der Waals surface area contributed by atoms with Gasteiger partial charge in [0.25, 0.3) is 0 Å². The van der Waals surface area contributed by atoms with Crippen molar-refractivity contribution in [2.75, 3.05) is 0 Å². The lowest BCUT2D eigenvalue weighted by Gasteiger charge is -2.11. The predicted molar refractivity (Wildman–Crippen MR) is 76.7 cm³/mol. The third-order valence-electron chi connectivity index (χ3n) is 3.03. The third-order valence-corrected chi connectivity index (χ3v) is 3.03. The van der Waals surface area contributed by atoms with Crippen LogP contribution >= 0.6 is 0 Å². The molecule has 0 saturated heterocycles. The van der Waals surface area contributed by atoms with Crippen LogP contribution in [-0.2, 0) is 18.9 Å². The zero-order valence-electron chi connectivity index (χ0n) is 12.2. The van der Waals surface area contributed by atoms with Crippen molar-refractivity contribution in [3.63, 3.8) is 0 Å². The van der Waals surface area contributed by atoms with Crippen LogP contribution in [0.4, 0.5) is 0 Å². The van der Waals surface area contributed by atoms with Gasteiger partial charge in [0.1, 0.15) is 0 Å². The van der Waals surface area contributed by atoms with Crippen molar-refractivity contribution in [3.05, 3.63) is 41.5 Å². The molecular weight excluding hydrogens is 254 g/mol. The van der Waals surface area contributed by atoms with Crippen molar-refractivity contribution < 1.29 is 4.79 Å². The molecule has 2 aromatic heterocycles. The van der Waals surface area contributed by atoms with Gasteiger partial charge < -0.3 is 5.32 Å². The number of aryl methyl sites for hydroxylation is 3. The molecule has 0 bridgehead atoms. The molecule has 0 fully saturated rings. The monoisotopic (exact) mass is 273 g/mol. The number of amides is 1. The second kappa shape index (κ2) is 5.73. The highest BCUT2D eigenvalue weighted by atomic mass is 16.1. The standard InChI is InChI=1S/C14H19N5O/c1-10(13-9-19(4)17-11(13)2)16-14(20)6-5-12-7-15-18(3)8-12/h5-10H,1-4H3,(H,16,20)/b6-5+. The van der Waals surface area contributed by atoms with Gasteiger partial charge in [-0.3, -0.25) is 14.2 Å². The summed E-state index contributed by atoms with van der Waals surface area (Å²) >= 11 is 0. The van der Waals surface area contributed by atoms with Gasteiger partial charge >= 0.3 is 0 Å². The SMILES string of the molecule is Cc1nn(C)cc1C(C)NC(=O)/C=C/c1cnn(C)c1. The summed E-state index contributed by atoms with van der Waals surface area (Å²) in [5, 5.41) is 11.2. The Hall–Kier alpha value is -2.37. The number of nitrogens with one attached hydrogen (secondary N) is 1. The molecule has 0 aliphatic rings. The van der Waals surface area contributed by atoms with Gasteiger partial charge in [-0.1, -0.05) is 0 Å². The van der Waals surface area contributed by atoms with Gasteiger partial charge in [-0.05, 0) is 19.9 Å². The number of aromatic nitrogens is 4. The first-order valence-electron chi connectivity index (χ1n) is 6.43. The minimum Gasteiger partial charge on any atom is -0.346 e. The molecule has 20 heavy (non-hydrogen) atoms. The van der Waals surface area contributed by atoms with Crippen molar-refractivity contribution in [2.45, 2.75) is 19.9 Å². The first-order valence-corrected chi connectivity index (χ1v) is 6.43. The Bertz CT molecular complexity index is 638. The normalized spacial score (nSPS) is 12.8. The Morgan fingerprint density at radius 3 is 2.65 bits per heavy atom. The summed E-state index contributed by atoms with van der Waals surface area (Å²) in [4.78, 5) is 11.9. The van der Waals surface area contributed by atoms with Crippen LogP contribution in [0.15, 0.2) is 24.7 Å². The molecule has 0 spiro atoms. The number of carbonyl (C=O) groups excluding carboxylic acids is 1. The van der Waals surface area contributed by atoms with Crippen LogP contribution in [0.3, 0.4) is 0 Å². The first kappa shape index (κ1) is 14.0. The number of rotatable bonds is 4. The van der Waals surface area contributed by atoms with Crippen LogP contribution < -0.4 is 5.32 Å². The Morgan fingerprint density at radius 2 is 2.10 bits per heavy atom. The zero-order chi connectivity index (χ0) is 14.7. The molecule has 2 aromatic rings. The summed E-state index contributed by atoms with van der Waals surface area (Å²) in [7, 11) is 3.71. The third kappa shape index (κ3) is 3.34. The van der Waals surface area contributed by atoms with Gasteiger partial charge in [-0.25, -0.2) is 0 Å². The molecule has 1 amide bonds.